The highest BCUT2D eigenvalue weighted by Crippen LogP contribution is 2.18. The van der Waals surface area contributed by atoms with Gasteiger partial charge in [-0.2, -0.15) is 0 Å². The minimum atomic E-state index is -1.57. The number of rotatable bonds is 4. The van der Waals surface area contributed by atoms with Crippen LogP contribution < -0.4 is 0 Å². The van der Waals surface area contributed by atoms with Crippen molar-refractivity contribution in [3.05, 3.63) is 35.1 Å². The first-order valence-corrected chi connectivity index (χ1v) is 5.34. The number of ether oxygens (including phenoxy) is 1. The lowest BCUT2D eigenvalue weighted by Gasteiger charge is -2.09. The van der Waals surface area contributed by atoms with Crippen LogP contribution in [0.15, 0.2) is 12.1 Å². The van der Waals surface area contributed by atoms with E-state index in [9.17, 15) is 18.0 Å². The number of benzene rings is 1. The van der Waals surface area contributed by atoms with Crippen LogP contribution in [0.5, 0.6) is 0 Å². The van der Waals surface area contributed by atoms with Gasteiger partial charge in [-0.3, -0.25) is 4.79 Å². The maximum absolute atomic E-state index is 13.2. The highest BCUT2D eigenvalue weighted by molar-refractivity contribution is 6.30. The van der Waals surface area contributed by atoms with Gasteiger partial charge < -0.3 is 4.74 Å². The van der Waals surface area contributed by atoms with Crippen molar-refractivity contribution >= 4 is 17.6 Å². The first kappa shape index (κ1) is 13.8. The van der Waals surface area contributed by atoms with E-state index in [4.69, 9.17) is 11.6 Å². The van der Waals surface area contributed by atoms with E-state index in [0.717, 1.165) is 12.1 Å². The molecule has 94 valence electrons. The third-order valence-corrected chi connectivity index (χ3v) is 2.39. The van der Waals surface area contributed by atoms with E-state index >= 15 is 0 Å². The highest BCUT2D eigenvalue weighted by atomic mass is 35.5. The normalized spacial score (nSPS) is 12.3. The molecule has 0 heterocycles. The van der Waals surface area contributed by atoms with Crippen LogP contribution in [-0.4, -0.2) is 18.0 Å². The van der Waals surface area contributed by atoms with Crippen molar-refractivity contribution in [1.29, 1.82) is 0 Å². The quantitative estimate of drug-likeness (QED) is 0.476. The van der Waals surface area contributed by atoms with Gasteiger partial charge in [0.2, 0.25) is 0 Å². The fraction of sp³-hybridized carbons (Fsp3) is 0.364. The Labute approximate surface area is 101 Å². The summed E-state index contributed by atoms with van der Waals surface area (Å²) in [6.07, 6.45) is -0.260. The molecule has 0 N–H and O–H groups in total. The third-order valence-electron chi connectivity index (χ3n) is 2.06. The van der Waals surface area contributed by atoms with Gasteiger partial charge in [0.1, 0.15) is 5.38 Å². The molecular weight excluding hydrogens is 257 g/mol. The van der Waals surface area contributed by atoms with Crippen LogP contribution in [-0.2, 0) is 16.0 Å². The molecule has 0 saturated carbocycles. The molecule has 6 heteroatoms. The lowest BCUT2D eigenvalue weighted by Crippen LogP contribution is -2.21. The molecule has 1 atom stereocenters. The van der Waals surface area contributed by atoms with Crippen LogP contribution in [0.4, 0.5) is 13.2 Å². The molecule has 17 heavy (non-hydrogen) atoms. The number of hydrogen-bond donors (Lipinski definition) is 0. The average molecular weight is 267 g/mol. The number of carbonyl (C=O) groups is 1. The van der Waals surface area contributed by atoms with Crippen LogP contribution in [0.25, 0.3) is 0 Å². The molecule has 2 nitrogen and oxygen atoms in total. The number of alkyl halides is 1. The van der Waals surface area contributed by atoms with Crippen LogP contribution in [0, 0.1) is 17.5 Å². The molecule has 0 amide bonds. The Balaban J connectivity index is 2.82. The lowest BCUT2D eigenvalue weighted by atomic mass is 10.1. The molecule has 0 aromatic heterocycles. The molecule has 1 rings (SSSR count). The number of halogens is 4. The lowest BCUT2D eigenvalue weighted by molar-refractivity contribution is -0.142. The maximum Gasteiger partial charge on any atom is 0.324 e. The molecule has 1 unspecified atom stereocenters. The van der Waals surface area contributed by atoms with Crippen LogP contribution >= 0.6 is 11.6 Å². The first-order chi connectivity index (χ1) is 7.97. The van der Waals surface area contributed by atoms with Crippen molar-refractivity contribution < 1.29 is 22.7 Å². The summed E-state index contributed by atoms with van der Waals surface area (Å²) in [5, 5.41) is -1.13. The van der Waals surface area contributed by atoms with Gasteiger partial charge in [-0.1, -0.05) is 6.07 Å². The first-order valence-electron chi connectivity index (χ1n) is 4.90. The van der Waals surface area contributed by atoms with Gasteiger partial charge in [0.25, 0.3) is 0 Å². The predicted octanol–water partition coefficient (Wildman–Crippen LogP) is 2.82. The van der Waals surface area contributed by atoms with Crippen molar-refractivity contribution in [2.45, 2.75) is 18.7 Å². The van der Waals surface area contributed by atoms with Crippen molar-refractivity contribution in [2.24, 2.45) is 0 Å². The van der Waals surface area contributed by atoms with E-state index in [1.54, 1.807) is 6.92 Å². The molecule has 1 aromatic carbocycles. The molecule has 0 aliphatic rings. The zero-order chi connectivity index (χ0) is 13.0. The summed E-state index contributed by atoms with van der Waals surface area (Å²) in [6.45, 7) is 1.74. The summed E-state index contributed by atoms with van der Waals surface area (Å²) in [5.41, 5.74) is -0.169. The molecule has 0 bridgehead atoms. The molecule has 0 spiro atoms. The van der Waals surface area contributed by atoms with Crippen LogP contribution in [0.3, 0.4) is 0 Å². The Kier molecular flexibility index (Phi) is 4.81. The standard InChI is InChI=1S/C11H10ClF3O2/c1-2-17-11(16)7(12)5-6-3-4-8(13)10(15)9(6)14/h3-4,7H,2,5H2,1H3. The minimum Gasteiger partial charge on any atom is -0.465 e. The van der Waals surface area contributed by atoms with Crippen molar-refractivity contribution in [3.63, 3.8) is 0 Å². The van der Waals surface area contributed by atoms with E-state index < -0.39 is 28.8 Å². The van der Waals surface area contributed by atoms with E-state index in [1.165, 1.54) is 0 Å². The topological polar surface area (TPSA) is 26.3 Å². The third kappa shape index (κ3) is 3.36. The van der Waals surface area contributed by atoms with E-state index in [1.807, 2.05) is 0 Å². The summed E-state index contributed by atoms with van der Waals surface area (Å²) in [6, 6.07) is 1.82. The van der Waals surface area contributed by atoms with Gasteiger partial charge in [0.05, 0.1) is 6.61 Å². The fourth-order valence-corrected chi connectivity index (χ4v) is 1.46. The van der Waals surface area contributed by atoms with Gasteiger partial charge in [-0.15, -0.1) is 11.6 Å². The average Bonchev–Trinajstić information content (AvgIpc) is 2.30. The van der Waals surface area contributed by atoms with Crippen molar-refractivity contribution in [2.75, 3.05) is 6.61 Å². The molecule has 0 fully saturated rings. The Hall–Kier alpha value is -1.23. The Morgan fingerprint density at radius 2 is 2.00 bits per heavy atom. The summed E-state index contributed by atoms with van der Waals surface area (Å²) in [7, 11) is 0. The van der Waals surface area contributed by atoms with E-state index in [-0.39, 0.29) is 18.6 Å². The minimum absolute atomic E-state index is 0.141. The molecule has 0 aliphatic carbocycles. The van der Waals surface area contributed by atoms with Crippen molar-refractivity contribution in [3.8, 4) is 0 Å². The van der Waals surface area contributed by atoms with E-state index in [0.29, 0.717) is 0 Å². The van der Waals surface area contributed by atoms with Gasteiger partial charge >= 0.3 is 5.97 Å². The molecule has 0 saturated heterocycles. The second-order valence-corrected chi connectivity index (χ2v) is 3.79. The Bertz CT molecular complexity index is 423. The largest absolute Gasteiger partial charge is 0.465 e. The zero-order valence-electron chi connectivity index (χ0n) is 8.97. The summed E-state index contributed by atoms with van der Waals surface area (Å²) >= 11 is 5.65. The summed E-state index contributed by atoms with van der Waals surface area (Å²) < 4.78 is 43.4. The van der Waals surface area contributed by atoms with Gasteiger partial charge in [-0.25, -0.2) is 13.2 Å². The predicted molar refractivity (Wildman–Crippen MR) is 56.3 cm³/mol. The monoisotopic (exact) mass is 266 g/mol. The Morgan fingerprint density at radius 1 is 1.35 bits per heavy atom. The number of esters is 1. The second-order valence-electron chi connectivity index (χ2n) is 3.26. The van der Waals surface area contributed by atoms with Crippen LogP contribution in [0.1, 0.15) is 12.5 Å². The second kappa shape index (κ2) is 5.91. The van der Waals surface area contributed by atoms with Gasteiger partial charge in [-0.05, 0) is 18.6 Å². The Morgan fingerprint density at radius 3 is 2.59 bits per heavy atom. The SMILES string of the molecule is CCOC(=O)C(Cl)Cc1ccc(F)c(F)c1F. The summed E-state index contributed by atoms with van der Waals surface area (Å²) in [4.78, 5) is 11.2. The van der Waals surface area contributed by atoms with Crippen molar-refractivity contribution in [1.82, 2.24) is 0 Å². The maximum atomic E-state index is 13.2. The molecule has 0 radical (unpaired) electrons. The fourth-order valence-electron chi connectivity index (χ4n) is 1.23. The van der Waals surface area contributed by atoms with Gasteiger partial charge in [0.15, 0.2) is 17.5 Å². The van der Waals surface area contributed by atoms with E-state index in [2.05, 4.69) is 4.74 Å². The number of hydrogen-bond acceptors (Lipinski definition) is 2. The van der Waals surface area contributed by atoms with Gasteiger partial charge in [0, 0.05) is 6.42 Å². The highest BCUT2D eigenvalue weighted by Gasteiger charge is 2.21. The molecule has 0 aliphatic heterocycles. The molecular formula is C11H10ClF3O2. The zero-order valence-corrected chi connectivity index (χ0v) is 9.73. The summed E-state index contributed by atoms with van der Waals surface area (Å²) in [5.74, 6) is -4.91. The van der Waals surface area contributed by atoms with Crippen LogP contribution in [0.2, 0.25) is 0 Å². The smallest absolute Gasteiger partial charge is 0.324 e. The number of carbonyl (C=O) groups excluding carboxylic acids is 1. The molecule has 1 aromatic rings.